The molecule has 1 aliphatic carbocycles. The van der Waals surface area contributed by atoms with Gasteiger partial charge >= 0.3 is 0 Å². The lowest BCUT2D eigenvalue weighted by atomic mass is 10.2. The van der Waals surface area contributed by atoms with Crippen molar-refractivity contribution < 1.29 is 9.13 Å². The lowest BCUT2D eigenvalue weighted by Crippen LogP contribution is -2.23. The van der Waals surface area contributed by atoms with E-state index >= 15 is 0 Å². The molecule has 2 rings (SSSR count). The van der Waals surface area contributed by atoms with Crippen molar-refractivity contribution in [3.63, 3.8) is 0 Å². The van der Waals surface area contributed by atoms with E-state index in [9.17, 15) is 4.39 Å². The minimum atomic E-state index is -0.224. The molecule has 1 aromatic rings. The molecule has 0 atom stereocenters. The van der Waals surface area contributed by atoms with Gasteiger partial charge in [-0.3, -0.25) is 0 Å². The van der Waals surface area contributed by atoms with Gasteiger partial charge in [0.15, 0.2) is 0 Å². The Hall–Kier alpha value is -0.800. The highest BCUT2D eigenvalue weighted by Crippen LogP contribution is 2.28. The monoisotopic (exact) mass is 271 g/mol. The van der Waals surface area contributed by atoms with Crippen molar-refractivity contribution in [2.24, 2.45) is 5.92 Å². The first-order valence-electron chi connectivity index (χ1n) is 6.34. The largest absolute Gasteiger partial charge is 0.379 e. The fourth-order valence-electron chi connectivity index (χ4n) is 1.80. The molecule has 18 heavy (non-hydrogen) atoms. The number of hydrogen-bond acceptors (Lipinski definition) is 2. The first-order chi connectivity index (χ1) is 8.70. The Morgan fingerprint density at radius 3 is 2.83 bits per heavy atom. The second kappa shape index (κ2) is 6.39. The SMILES string of the molecule is CN(CCOCC1CC1)c1ccc(CCl)cc1F. The van der Waals surface area contributed by atoms with Crippen LogP contribution in [0.1, 0.15) is 18.4 Å². The molecule has 0 heterocycles. The molecule has 0 aliphatic heterocycles. The van der Waals surface area contributed by atoms with Crippen molar-refractivity contribution in [3.8, 4) is 0 Å². The molecule has 1 aromatic carbocycles. The van der Waals surface area contributed by atoms with E-state index in [1.807, 2.05) is 18.0 Å². The summed E-state index contributed by atoms with van der Waals surface area (Å²) in [5, 5.41) is 0. The topological polar surface area (TPSA) is 12.5 Å². The summed E-state index contributed by atoms with van der Waals surface area (Å²) in [5.74, 6) is 0.888. The number of likely N-dealkylation sites (N-methyl/N-ethyl adjacent to an activating group) is 1. The maximum absolute atomic E-state index is 13.8. The van der Waals surface area contributed by atoms with E-state index in [-0.39, 0.29) is 5.82 Å². The summed E-state index contributed by atoms with van der Waals surface area (Å²) in [5.41, 5.74) is 1.40. The van der Waals surface area contributed by atoms with Crippen LogP contribution in [0, 0.1) is 11.7 Å². The van der Waals surface area contributed by atoms with Crippen LogP contribution in [0.25, 0.3) is 0 Å². The predicted molar refractivity (Wildman–Crippen MR) is 72.8 cm³/mol. The number of nitrogens with zero attached hydrogens (tertiary/aromatic N) is 1. The molecular formula is C14H19ClFNO. The van der Waals surface area contributed by atoms with E-state index in [1.165, 1.54) is 18.9 Å². The molecule has 0 bridgehead atoms. The average Bonchev–Trinajstić information content (AvgIpc) is 3.18. The molecule has 0 saturated heterocycles. The molecule has 100 valence electrons. The molecule has 0 amide bonds. The number of ether oxygens (including phenoxy) is 1. The Kier molecular flexibility index (Phi) is 4.84. The summed E-state index contributed by atoms with van der Waals surface area (Å²) in [6.45, 7) is 2.19. The number of benzene rings is 1. The lowest BCUT2D eigenvalue weighted by Gasteiger charge is -2.20. The van der Waals surface area contributed by atoms with Crippen molar-refractivity contribution in [1.82, 2.24) is 0 Å². The Balaban J connectivity index is 1.81. The maximum Gasteiger partial charge on any atom is 0.146 e. The van der Waals surface area contributed by atoms with E-state index in [1.54, 1.807) is 6.07 Å². The zero-order valence-electron chi connectivity index (χ0n) is 10.7. The van der Waals surface area contributed by atoms with E-state index in [0.29, 0.717) is 24.7 Å². The van der Waals surface area contributed by atoms with E-state index < -0.39 is 0 Å². The van der Waals surface area contributed by atoms with Crippen LogP contribution in [0.4, 0.5) is 10.1 Å². The highest BCUT2D eigenvalue weighted by Gasteiger charge is 2.21. The van der Waals surface area contributed by atoms with Gasteiger partial charge in [-0.1, -0.05) is 6.07 Å². The molecule has 0 aromatic heterocycles. The molecule has 1 fully saturated rings. The third-order valence-corrected chi connectivity index (χ3v) is 3.51. The van der Waals surface area contributed by atoms with Crippen LogP contribution in [-0.2, 0) is 10.6 Å². The van der Waals surface area contributed by atoms with Crippen LogP contribution < -0.4 is 4.90 Å². The quantitative estimate of drug-likeness (QED) is 0.556. The zero-order valence-corrected chi connectivity index (χ0v) is 11.4. The zero-order chi connectivity index (χ0) is 13.0. The van der Waals surface area contributed by atoms with Gasteiger partial charge in [-0.15, -0.1) is 11.6 Å². The summed E-state index contributed by atoms with van der Waals surface area (Å²) in [4.78, 5) is 1.88. The fraction of sp³-hybridized carbons (Fsp3) is 0.571. The number of anilines is 1. The Bertz CT molecular complexity index is 395. The molecule has 4 heteroatoms. The first kappa shape index (κ1) is 13.6. The molecule has 2 nitrogen and oxygen atoms in total. The summed E-state index contributed by atoms with van der Waals surface area (Å²) < 4.78 is 19.3. The number of alkyl halides is 1. The van der Waals surface area contributed by atoms with Crippen LogP contribution in [-0.4, -0.2) is 26.8 Å². The molecule has 0 unspecified atom stereocenters. The normalized spacial score (nSPS) is 14.8. The highest BCUT2D eigenvalue weighted by molar-refractivity contribution is 6.17. The summed E-state index contributed by atoms with van der Waals surface area (Å²) >= 11 is 5.67. The van der Waals surface area contributed by atoms with Gasteiger partial charge in [-0.05, 0) is 36.5 Å². The van der Waals surface area contributed by atoms with Crippen LogP contribution >= 0.6 is 11.6 Å². The minimum Gasteiger partial charge on any atom is -0.379 e. The molecular weight excluding hydrogens is 253 g/mol. The standard InChI is InChI=1S/C14H19ClFNO/c1-17(6-7-18-10-11-2-3-11)14-5-4-12(9-15)8-13(14)16/h4-5,8,11H,2-3,6-7,9-10H2,1H3. The summed E-state index contributed by atoms with van der Waals surface area (Å²) in [6.07, 6.45) is 2.59. The van der Waals surface area contributed by atoms with Gasteiger partial charge in [0.2, 0.25) is 0 Å². The second-order valence-electron chi connectivity index (χ2n) is 4.86. The number of halogens is 2. The van der Waals surface area contributed by atoms with Gasteiger partial charge in [0.05, 0.1) is 12.3 Å². The first-order valence-corrected chi connectivity index (χ1v) is 6.87. The van der Waals surface area contributed by atoms with Gasteiger partial charge in [-0.2, -0.15) is 0 Å². The van der Waals surface area contributed by atoms with E-state index in [4.69, 9.17) is 16.3 Å². The average molecular weight is 272 g/mol. The molecule has 1 saturated carbocycles. The smallest absolute Gasteiger partial charge is 0.146 e. The Morgan fingerprint density at radius 1 is 1.44 bits per heavy atom. The van der Waals surface area contributed by atoms with Gasteiger partial charge in [0, 0.05) is 26.1 Å². The Labute approximate surface area is 113 Å². The summed E-state index contributed by atoms with van der Waals surface area (Å²) in [7, 11) is 1.87. The number of rotatable bonds is 7. The Morgan fingerprint density at radius 2 is 2.22 bits per heavy atom. The highest BCUT2D eigenvalue weighted by atomic mass is 35.5. The van der Waals surface area contributed by atoms with Crippen molar-refractivity contribution in [2.45, 2.75) is 18.7 Å². The molecule has 0 N–H and O–H groups in total. The fourth-order valence-corrected chi connectivity index (χ4v) is 1.97. The second-order valence-corrected chi connectivity index (χ2v) is 5.13. The third kappa shape index (κ3) is 3.85. The van der Waals surface area contributed by atoms with Gasteiger partial charge in [0.1, 0.15) is 5.82 Å². The van der Waals surface area contributed by atoms with Crippen molar-refractivity contribution in [1.29, 1.82) is 0 Å². The van der Waals surface area contributed by atoms with Crippen molar-refractivity contribution >= 4 is 17.3 Å². The van der Waals surface area contributed by atoms with Crippen molar-refractivity contribution in [3.05, 3.63) is 29.6 Å². The van der Waals surface area contributed by atoms with Gasteiger partial charge in [0.25, 0.3) is 0 Å². The van der Waals surface area contributed by atoms with Crippen LogP contribution in [0.15, 0.2) is 18.2 Å². The van der Waals surface area contributed by atoms with Gasteiger partial charge < -0.3 is 9.64 Å². The maximum atomic E-state index is 13.8. The predicted octanol–water partition coefficient (Wildman–Crippen LogP) is 3.43. The van der Waals surface area contributed by atoms with Crippen LogP contribution in [0.5, 0.6) is 0 Å². The van der Waals surface area contributed by atoms with E-state index in [0.717, 1.165) is 18.1 Å². The van der Waals surface area contributed by atoms with Crippen LogP contribution in [0.2, 0.25) is 0 Å². The molecule has 0 spiro atoms. The molecule has 0 radical (unpaired) electrons. The minimum absolute atomic E-state index is 0.224. The van der Waals surface area contributed by atoms with Gasteiger partial charge in [-0.25, -0.2) is 4.39 Å². The lowest BCUT2D eigenvalue weighted by molar-refractivity contribution is 0.131. The number of hydrogen-bond donors (Lipinski definition) is 0. The molecule has 1 aliphatic rings. The summed E-state index contributed by atoms with van der Waals surface area (Å²) in [6, 6.07) is 5.12. The van der Waals surface area contributed by atoms with Crippen LogP contribution in [0.3, 0.4) is 0 Å². The third-order valence-electron chi connectivity index (χ3n) is 3.20. The van der Waals surface area contributed by atoms with Crippen molar-refractivity contribution in [2.75, 3.05) is 31.7 Å². The van der Waals surface area contributed by atoms with E-state index in [2.05, 4.69) is 0 Å².